The minimum Gasteiger partial charge on any atom is -0.479 e. The zero-order valence-corrected chi connectivity index (χ0v) is 13.3. The molecular weight excluding hydrogens is 290 g/mol. The molecule has 1 aliphatic heterocycles. The average molecular weight is 311 g/mol. The van der Waals surface area contributed by atoms with Crippen LogP contribution in [0, 0.1) is 5.92 Å². The Morgan fingerprint density at radius 2 is 2.19 bits per heavy atom. The van der Waals surface area contributed by atoms with Crippen molar-refractivity contribution in [1.29, 1.82) is 0 Å². The van der Waals surface area contributed by atoms with Crippen molar-refractivity contribution in [2.24, 2.45) is 5.92 Å². The van der Waals surface area contributed by atoms with Crippen LogP contribution in [0.4, 0.5) is 4.79 Å². The van der Waals surface area contributed by atoms with E-state index in [1.165, 1.54) is 11.3 Å². The van der Waals surface area contributed by atoms with Gasteiger partial charge in [-0.2, -0.15) is 0 Å². The highest BCUT2D eigenvalue weighted by molar-refractivity contribution is 7.10. The second kappa shape index (κ2) is 6.44. The third-order valence-corrected chi connectivity index (χ3v) is 4.80. The van der Waals surface area contributed by atoms with Crippen LogP contribution in [0.2, 0.25) is 0 Å². The number of urea groups is 1. The fraction of sp³-hybridized carbons (Fsp3) is 0.571. The molecule has 0 spiro atoms. The first kappa shape index (κ1) is 15.8. The molecule has 1 aromatic rings. The molecule has 6 nitrogen and oxygen atoms in total. The number of carboxylic acids is 1. The maximum atomic E-state index is 12.3. The highest BCUT2D eigenvalue weighted by atomic mass is 32.1. The zero-order valence-electron chi connectivity index (χ0n) is 12.4. The Balaban J connectivity index is 2.02. The molecule has 0 radical (unpaired) electrons. The van der Waals surface area contributed by atoms with Crippen molar-refractivity contribution in [2.45, 2.75) is 19.0 Å². The fourth-order valence-electron chi connectivity index (χ4n) is 2.71. The van der Waals surface area contributed by atoms with E-state index >= 15 is 0 Å². The van der Waals surface area contributed by atoms with Crippen LogP contribution in [0.1, 0.15) is 17.8 Å². The number of carbonyl (C=O) groups is 2. The minimum absolute atomic E-state index is 0.306. The number of nitrogens with one attached hydrogen (secondary N) is 1. The van der Waals surface area contributed by atoms with Crippen molar-refractivity contribution in [1.82, 2.24) is 15.1 Å². The van der Waals surface area contributed by atoms with Gasteiger partial charge in [-0.15, -0.1) is 11.3 Å². The van der Waals surface area contributed by atoms with Crippen molar-refractivity contribution in [2.75, 3.05) is 27.2 Å². The van der Waals surface area contributed by atoms with Crippen LogP contribution in [0.15, 0.2) is 17.5 Å². The summed E-state index contributed by atoms with van der Waals surface area (Å²) in [7, 11) is 3.99. The molecule has 1 fully saturated rings. The van der Waals surface area contributed by atoms with Gasteiger partial charge >= 0.3 is 12.0 Å². The number of thiophene rings is 1. The molecule has 2 amide bonds. The van der Waals surface area contributed by atoms with Crippen LogP contribution in [-0.2, 0) is 4.79 Å². The number of carbonyl (C=O) groups excluding carboxylic acids is 1. The summed E-state index contributed by atoms with van der Waals surface area (Å²) in [6.07, 6.45) is 0. The summed E-state index contributed by atoms with van der Waals surface area (Å²) >= 11 is 1.33. The normalized spacial score (nSPS) is 23.3. The van der Waals surface area contributed by atoms with Crippen LogP contribution in [0.5, 0.6) is 0 Å². The van der Waals surface area contributed by atoms with Gasteiger partial charge in [-0.1, -0.05) is 13.0 Å². The summed E-state index contributed by atoms with van der Waals surface area (Å²) < 4.78 is 0. The average Bonchev–Trinajstić information content (AvgIpc) is 3.04. The number of amides is 2. The number of hydrogen-bond acceptors (Lipinski definition) is 4. The zero-order chi connectivity index (χ0) is 15.6. The number of likely N-dealkylation sites (N-methyl/N-ethyl adjacent to an activating group) is 1. The lowest BCUT2D eigenvalue weighted by molar-refractivity contribution is -0.139. The van der Waals surface area contributed by atoms with E-state index in [0.717, 1.165) is 0 Å². The second-order valence-electron chi connectivity index (χ2n) is 5.65. The minimum atomic E-state index is -1.04. The molecule has 2 rings (SSSR count). The van der Waals surface area contributed by atoms with Crippen LogP contribution in [-0.4, -0.2) is 60.1 Å². The molecule has 3 atom stereocenters. The SMILES string of the molecule is CC1CN(C(=O)NC(C(=O)O)c2cccs2)CC1N(C)C. The Labute approximate surface area is 128 Å². The van der Waals surface area contributed by atoms with Crippen molar-refractivity contribution in [3.63, 3.8) is 0 Å². The Kier molecular flexibility index (Phi) is 4.84. The van der Waals surface area contributed by atoms with Gasteiger partial charge in [0.25, 0.3) is 0 Å². The molecule has 0 aliphatic carbocycles. The standard InChI is InChI=1S/C14H21N3O3S/c1-9-7-17(8-10(9)16(2)3)14(20)15-12(13(18)19)11-5-4-6-21-11/h4-6,9-10,12H,7-8H2,1-3H3,(H,15,20)(H,18,19). The molecule has 0 bridgehead atoms. The molecular formula is C14H21N3O3S. The lowest BCUT2D eigenvalue weighted by Crippen LogP contribution is -2.43. The van der Waals surface area contributed by atoms with E-state index in [-0.39, 0.29) is 6.03 Å². The van der Waals surface area contributed by atoms with Gasteiger partial charge in [0.2, 0.25) is 0 Å². The summed E-state index contributed by atoms with van der Waals surface area (Å²) in [5.74, 6) is -0.669. The third-order valence-electron chi connectivity index (χ3n) is 3.87. The Morgan fingerprint density at radius 1 is 1.48 bits per heavy atom. The van der Waals surface area contributed by atoms with Crippen molar-refractivity contribution in [3.05, 3.63) is 22.4 Å². The number of nitrogens with zero attached hydrogens (tertiary/aromatic N) is 2. The Morgan fingerprint density at radius 3 is 2.67 bits per heavy atom. The number of carboxylic acid groups (broad SMARTS) is 1. The quantitative estimate of drug-likeness (QED) is 0.883. The van der Waals surface area contributed by atoms with E-state index in [1.807, 2.05) is 14.1 Å². The van der Waals surface area contributed by atoms with Crippen LogP contribution < -0.4 is 5.32 Å². The van der Waals surface area contributed by atoms with Gasteiger partial charge in [-0.3, -0.25) is 0 Å². The summed E-state index contributed by atoms with van der Waals surface area (Å²) in [6, 6.07) is 2.51. The van der Waals surface area contributed by atoms with Crippen molar-refractivity contribution >= 4 is 23.3 Å². The van der Waals surface area contributed by atoms with E-state index in [9.17, 15) is 14.7 Å². The fourth-order valence-corrected chi connectivity index (χ4v) is 3.48. The molecule has 3 unspecified atom stereocenters. The molecule has 0 saturated carbocycles. The summed E-state index contributed by atoms with van der Waals surface area (Å²) in [6.45, 7) is 3.37. The lowest BCUT2D eigenvalue weighted by atomic mass is 10.1. The van der Waals surface area contributed by atoms with Crippen molar-refractivity contribution < 1.29 is 14.7 Å². The molecule has 7 heteroatoms. The first-order valence-electron chi connectivity index (χ1n) is 6.88. The van der Waals surface area contributed by atoms with Gasteiger partial charge in [0.15, 0.2) is 6.04 Å². The number of aliphatic carboxylic acids is 1. The largest absolute Gasteiger partial charge is 0.479 e. The first-order chi connectivity index (χ1) is 9.90. The molecule has 1 aliphatic rings. The van der Waals surface area contributed by atoms with Gasteiger partial charge < -0.3 is 20.2 Å². The van der Waals surface area contributed by atoms with E-state index in [1.54, 1.807) is 22.4 Å². The van der Waals surface area contributed by atoms with E-state index < -0.39 is 12.0 Å². The predicted molar refractivity (Wildman–Crippen MR) is 81.4 cm³/mol. The smallest absolute Gasteiger partial charge is 0.331 e. The molecule has 0 aromatic carbocycles. The summed E-state index contributed by atoms with van der Waals surface area (Å²) in [5.41, 5.74) is 0. The molecule has 116 valence electrons. The van der Waals surface area contributed by atoms with Crippen LogP contribution >= 0.6 is 11.3 Å². The summed E-state index contributed by atoms with van der Waals surface area (Å²) in [5, 5.41) is 13.7. The molecule has 2 N–H and O–H groups in total. The second-order valence-corrected chi connectivity index (χ2v) is 6.63. The topological polar surface area (TPSA) is 72.9 Å². The van der Waals surface area contributed by atoms with E-state index in [0.29, 0.717) is 29.9 Å². The van der Waals surface area contributed by atoms with Gasteiger partial charge in [-0.25, -0.2) is 9.59 Å². The van der Waals surface area contributed by atoms with Crippen molar-refractivity contribution in [3.8, 4) is 0 Å². The van der Waals surface area contributed by atoms with Gasteiger partial charge in [0.05, 0.1) is 0 Å². The van der Waals surface area contributed by atoms with Gasteiger partial charge in [0.1, 0.15) is 0 Å². The highest BCUT2D eigenvalue weighted by Gasteiger charge is 2.35. The third kappa shape index (κ3) is 3.54. The molecule has 21 heavy (non-hydrogen) atoms. The predicted octanol–water partition coefficient (Wildman–Crippen LogP) is 1.47. The first-order valence-corrected chi connectivity index (χ1v) is 7.76. The number of likely N-dealkylation sites (tertiary alicyclic amines) is 1. The molecule has 2 heterocycles. The number of rotatable bonds is 4. The Hall–Kier alpha value is -1.60. The highest BCUT2D eigenvalue weighted by Crippen LogP contribution is 2.22. The molecule has 1 aromatic heterocycles. The van der Waals surface area contributed by atoms with E-state index in [4.69, 9.17) is 0 Å². The summed E-state index contributed by atoms with van der Waals surface area (Å²) in [4.78, 5) is 28.1. The van der Waals surface area contributed by atoms with Crippen LogP contribution in [0.25, 0.3) is 0 Å². The Bertz CT molecular complexity index is 504. The van der Waals surface area contributed by atoms with Crippen LogP contribution in [0.3, 0.4) is 0 Å². The monoisotopic (exact) mass is 311 g/mol. The maximum absolute atomic E-state index is 12.3. The lowest BCUT2D eigenvalue weighted by Gasteiger charge is -2.23. The van der Waals surface area contributed by atoms with E-state index in [2.05, 4.69) is 17.1 Å². The molecule has 1 saturated heterocycles. The maximum Gasteiger partial charge on any atom is 0.331 e. The number of hydrogen-bond donors (Lipinski definition) is 2. The van der Waals surface area contributed by atoms with Gasteiger partial charge in [0, 0.05) is 24.0 Å². The van der Waals surface area contributed by atoms with Gasteiger partial charge in [-0.05, 0) is 31.5 Å².